The van der Waals surface area contributed by atoms with Gasteiger partial charge >= 0.3 is 6.03 Å². The summed E-state index contributed by atoms with van der Waals surface area (Å²) in [6.07, 6.45) is 0. The van der Waals surface area contributed by atoms with Gasteiger partial charge in [-0.1, -0.05) is 18.2 Å². The summed E-state index contributed by atoms with van der Waals surface area (Å²) in [6, 6.07) is 12.5. The molecule has 0 aliphatic heterocycles. The van der Waals surface area contributed by atoms with Gasteiger partial charge in [0.15, 0.2) is 0 Å². The smallest absolute Gasteiger partial charge is 0.319 e. The third-order valence-electron chi connectivity index (χ3n) is 2.52. The average Bonchev–Trinajstić information content (AvgIpc) is 2.38. The fourth-order valence-electron chi connectivity index (χ4n) is 1.56. The van der Waals surface area contributed by atoms with Crippen LogP contribution in [0.3, 0.4) is 0 Å². The Bertz CT molecular complexity index is 569. The van der Waals surface area contributed by atoms with Gasteiger partial charge in [-0.3, -0.25) is 0 Å². The largest absolute Gasteiger partial charge is 0.399 e. The Morgan fingerprint density at radius 1 is 1.16 bits per heavy atom. The highest BCUT2D eigenvalue weighted by Crippen LogP contribution is 2.09. The van der Waals surface area contributed by atoms with Gasteiger partial charge in [0.2, 0.25) is 0 Å². The van der Waals surface area contributed by atoms with Crippen LogP contribution in [0.15, 0.2) is 48.5 Å². The van der Waals surface area contributed by atoms with Gasteiger partial charge in [-0.05, 0) is 35.9 Å². The van der Waals surface area contributed by atoms with Crippen molar-refractivity contribution in [2.75, 3.05) is 11.1 Å². The predicted molar refractivity (Wildman–Crippen MR) is 73.1 cm³/mol. The molecule has 0 unspecified atom stereocenters. The minimum absolute atomic E-state index is 0.376. The summed E-state index contributed by atoms with van der Waals surface area (Å²) in [4.78, 5) is 11.6. The van der Waals surface area contributed by atoms with Crippen molar-refractivity contribution in [1.29, 1.82) is 0 Å². The zero-order valence-corrected chi connectivity index (χ0v) is 10.2. The van der Waals surface area contributed by atoms with Crippen molar-refractivity contribution in [3.63, 3.8) is 0 Å². The van der Waals surface area contributed by atoms with E-state index in [0.29, 0.717) is 17.9 Å². The van der Waals surface area contributed by atoms with E-state index in [1.807, 2.05) is 12.1 Å². The number of urea groups is 1. The molecule has 0 saturated carbocycles. The van der Waals surface area contributed by atoms with E-state index in [1.165, 1.54) is 18.2 Å². The van der Waals surface area contributed by atoms with Gasteiger partial charge in [0.1, 0.15) is 5.82 Å². The number of nitrogens with one attached hydrogen (secondary N) is 2. The van der Waals surface area contributed by atoms with Crippen LogP contribution in [0.5, 0.6) is 0 Å². The Balaban J connectivity index is 1.86. The minimum atomic E-state index is -0.392. The monoisotopic (exact) mass is 259 g/mol. The summed E-state index contributed by atoms with van der Waals surface area (Å²) >= 11 is 0. The van der Waals surface area contributed by atoms with Crippen molar-refractivity contribution in [1.82, 2.24) is 5.32 Å². The molecule has 0 aliphatic rings. The molecule has 0 radical (unpaired) electrons. The molecule has 0 atom stereocenters. The SMILES string of the molecule is Nc1ccc(CNC(=O)Nc2cccc(F)c2)cc1. The van der Waals surface area contributed by atoms with Crippen molar-refractivity contribution in [3.05, 3.63) is 59.9 Å². The number of halogens is 1. The highest BCUT2D eigenvalue weighted by molar-refractivity contribution is 5.89. The van der Waals surface area contributed by atoms with E-state index in [1.54, 1.807) is 18.2 Å². The minimum Gasteiger partial charge on any atom is -0.399 e. The number of hydrogen-bond acceptors (Lipinski definition) is 2. The first-order valence-electron chi connectivity index (χ1n) is 5.78. The lowest BCUT2D eigenvalue weighted by Gasteiger charge is -2.08. The molecule has 0 saturated heterocycles. The van der Waals surface area contributed by atoms with Crippen LogP contribution in [0.1, 0.15) is 5.56 Å². The van der Waals surface area contributed by atoms with Gasteiger partial charge in [-0.2, -0.15) is 0 Å². The highest BCUT2D eigenvalue weighted by Gasteiger charge is 2.02. The van der Waals surface area contributed by atoms with Gasteiger partial charge in [0.05, 0.1) is 0 Å². The molecule has 2 aromatic carbocycles. The number of hydrogen-bond donors (Lipinski definition) is 3. The van der Waals surface area contributed by atoms with E-state index in [0.717, 1.165) is 5.56 Å². The summed E-state index contributed by atoms with van der Waals surface area (Å²) < 4.78 is 12.9. The maximum Gasteiger partial charge on any atom is 0.319 e. The Hall–Kier alpha value is -2.56. The second kappa shape index (κ2) is 5.86. The Morgan fingerprint density at radius 2 is 1.89 bits per heavy atom. The van der Waals surface area contributed by atoms with Gasteiger partial charge in [-0.15, -0.1) is 0 Å². The molecule has 2 rings (SSSR count). The zero-order valence-electron chi connectivity index (χ0n) is 10.2. The lowest BCUT2D eigenvalue weighted by atomic mass is 10.2. The van der Waals surface area contributed by atoms with Crippen molar-refractivity contribution >= 4 is 17.4 Å². The lowest BCUT2D eigenvalue weighted by Crippen LogP contribution is -2.28. The maximum atomic E-state index is 12.9. The zero-order chi connectivity index (χ0) is 13.7. The number of carbonyl (C=O) groups excluding carboxylic acids is 1. The molecule has 0 aliphatic carbocycles. The molecule has 98 valence electrons. The van der Waals surface area contributed by atoms with E-state index in [2.05, 4.69) is 10.6 Å². The van der Waals surface area contributed by atoms with E-state index < -0.39 is 5.82 Å². The summed E-state index contributed by atoms with van der Waals surface area (Å²) in [5, 5.41) is 5.22. The first-order chi connectivity index (χ1) is 9.13. The average molecular weight is 259 g/mol. The van der Waals surface area contributed by atoms with Crippen molar-refractivity contribution in [2.24, 2.45) is 0 Å². The summed E-state index contributed by atoms with van der Waals surface area (Å²) in [5.74, 6) is -0.392. The number of nitrogens with two attached hydrogens (primary N) is 1. The molecule has 0 bridgehead atoms. The molecule has 0 heterocycles. The third-order valence-corrected chi connectivity index (χ3v) is 2.52. The molecule has 0 aromatic heterocycles. The van der Waals surface area contributed by atoms with Crippen LogP contribution in [0.25, 0.3) is 0 Å². The molecule has 19 heavy (non-hydrogen) atoms. The van der Waals surface area contributed by atoms with Crippen LogP contribution in [-0.2, 0) is 6.54 Å². The molecule has 4 N–H and O–H groups in total. The van der Waals surface area contributed by atoms with Crippen molar-refractivity contribution < 1.29 is 9.18 Å². The highest BCUT2D eigenvalue weighted by atomic mass is 19.1. The second-order valence-corrected chi connectivity index (χ2v) is 4.06. The van der Waals surface area contributed by atoms with Gasteiger partial charge in [0, 0.05) is 17.9 Å². The first-order valence-corrected chi connectivity index (χ1v) is 5.78. The van der Waals surface area contributed by atoms with E-state index in [-0.39, 0.29) is 6.03 Å². The van der Waals surface area contributed by atoms with Crippen molar-refractivity contribution in [3.8, 4) is 0 Å². The summed E-state index contributed by atoms with van der Waals surface area (Å²) in [7, 11) is 0. The normalized spacial score (nSPS) is 9.95. The van der Waals surface area contributed by atoms with Crippen LogP contribution in [0, 0.1) is 5.82 Å². The fraction of sp³-hybridized carbons (Fsp3) is 0.0714. The second-order valence-electron chi connectivity index (χ2n) is 4.06. The maximum absolute atomic E-state index is 12.9. The number of nitrogen functional groups attached to an aromatic ring is 1. The van der Waals surface area contributed by atoms with Crippen LogP contribution in [0.2, 0.25) is 0 Å². The number of anilines is 2. The molecule has 2 amide bonds. The lowest BCUT2D eigenvalue weighted by molar-refractivity contribution is 0.251. The molecule has 2 aromatic rings. The van der Waals surface area contributed by atoms with E-state index in [4.69, 9.17) is 5.73 Å². The van der Waals surface area contributed by atoms with E-state index >= 15 is 0 Å². The molecule has 0 spiro atoms. The number of benzene rings is 2. The molecular formula is C14H14FN3O. The Labute approximate surface area is 110 Å². The first kappa shape index (κ1) is 12.9. The predicted octanol–water partition coefficient (Wildman–Crippen LogP) is 2.73. The third kappa shape index (κ3) is 3.99. The van der Waals surface area contributed by atoms with Gasteiger partial charge in [0.25, 0.3) is 0 Å². The number of carbonyl (C=O) groups is 1. The van der Waals surface area contributed by atoms with Gasteiger partial charge in [-0.25, -0.2) is 9.18 Å². The molecular weight excluding hydrogens is 245 g/mol. The standard InChI is InChI=1S/C14H14FN3O/c15-11-2-1-3-13(8-11)18-14(19)17-9-10-4-6-12(16)7-5-10/h1-8H,9,16H2,(H2,17,18,19). The number of amides is 2. The Kier molecular flexibility index (Phi) is 3.97. The summed E-state index contributed by atoms with van der Waals surface area (Å²) in [6.45, 7) is 0.376. The molecule has 4 nitrogen and oxygen atoms in total. The van der Waals surface area contributed by atoms with Crippen LogP contribution < -0.4 is 16.4 Å². The Morgan fingerprint density at radius 3 is 2.58 bits per heavy atom. The van der Waals surface area contributed by atoms with Crippen LogP contribution in [-0.4, -0.2) is 6.03 Å². The number of rotatable bonds is 3. The fourth-order valence-corrected chi connectivity index (χ4v) is 1.56. The molecule has 0 fully saturated rings. The van der Waals surface area contributed by atoms with Crippen LogP contribution >= 0.6 is 0 Å². The summed E-state index contributed by atoms with van der Waals surface area (Å²) in [5.41, 5.74) is 7.58. The van der Waals surface area contributed by atoms with Gasteiger partial charge < -0.3 is 16.4 Å². The molecule has 5 heteroatoms. The topological polar surface area (TPSA) is 67.1 Å². The van der Waals surface area contributed by atoms with Crippen LogP contribution in [0.4, 0.5) is 20.6 Å². The quantitative estimate of drug-likeness (QED) is 0.742. The van der Waals surface area contributed by atoms with Crippen molar-refractivity contribution in [2.45, 2.75) is 6.54 Å². The van der Waals surface area contributed by atoms with E-state index in [9.17, 15) is 9.18 Å².